The number of carbonyl (C=O) groups excluding carboxylic acids is 2. The maximum absolute atomic E-state index is 12.4. The van der Waals surface area contributed by atoms with Crippen LogP contribution in [0.5, 0.6) is 0 Å². The third kappa shape index (κ3) is 4.08. The summed E-state index contributed by atoms with van der Waals surface area (Å²) >= 11 is 6.02. The number of carboxylic acids is 1. The number of aliphatic carboxylic acids is 1. The minimum atomic E-state index is -1.27. The van der Waals surface area contributed by atoms with Crippen LogP contribution < -0.4 is 40.4 Å². The van der Waals surface area contributed by atoms with Gasteiger partial charge < -0.3 is 15.6 Å². The molecule has 2 N–H and O–H groups in total. The van der Waals surface area contributed by atoms with Crippen molar-refractivity contribution in [2.45, 2.75) is 6.42 Å². The first-order chi connectivity index (χ1) is 9.50. The Labute approximate surface area is 149 Å². The molecule has 0 saturated heterocycles. The SMILES string of the molecule is Nc1c(CC(=O)[O-])ccc(Cl)c1C(=O)c1ccccc1.[Na+]. The fraction of sp³-hybridized carbons (Fsp3) is 0.0667. The van der Waals surface area contributed by atoms with Crippen molar-refractivity contribution >= 4 is 29.0 Å². The molecule has 2 aromatic carbocycles. The van der Waals surface area contributed by atoms with Gasteiger partial charge in [0.05, 0.1) is 10.6 Å². The number of benzene rings is 2. The van der Waals surface area contributed by atoms with Gasteiger partial charge in [-0.1, -0.05) is 48.0 Å². The van der Waals surface area contributed by atoms with Crippen LogP contribution in [0.4, 0.5) is 5.69 Å². The molecule has 102 valence electrons. The zero-order valence-corrected chi connectivity index (χ0v) is 14.2. The van der Waals surface area contributed by atoms with Crippen LogP contribution in [0.1, 0.15) is 21.5 Å². The zero-order valence-electron chi connectivity index (χ0n) is 11.4. The molecule has 0 saturated carbocycles. The molecule has 4 nitrogen and oxygen atoms in total. The van der Waals surface area contributed by atoms with Gasteiger partial charge in [-0.3, -0.25) is 4.79 Å². The number of ketones is 1. The van der Waals surface area contributed by atoms with E-state index in [0.29, 0.717) is 11.1 Å². The predicted octanol–water partition coefficient (Wildman–Crippen LogP) is -1.55. The smallest absolute Gasteiger partial charge is 0.550 e. The molecule has 0 radical (unpaired) electrons. The van der Waals surface area contributed by atoms with Gasteiger partial charge in [0.2, 0.25) is 0 Å². The summed E-state index contributed by atoms with van der Waals surface area (Å²) in [6, 6.07) is 11.5. The fourth-order valence-electron chi connectivity index (χ4n) is 1.91. The van der Waals surface area contributed by atoms with Crippen molar-refractivity contribution < 1.29 is 44.3 Å². The van der Waals surface area contributed by atoms with E-state index >= 15 is 0 Å². The van der Waals surface area contributed by atoms with E-state index in [1.807, 2.05) is 0 Å². The Balaban J connectivity index is 0.00000220. The van der Waals surface area contributed by atoms with E-state index in [9.17, 15) is 14.7 Å². The first kappa shape index (κ1) is 17.7. The van der Waals surface area contributed by atoms with E-state index in [1.54, 1.807) is 30.3 Å². The van der Waals surface area contributed by atoms with Gasteiger partial charge in [0.15, 0.2) is 5.78 Å². The van der Waals surface area contributed by atoms with E-state index < -0.39 is 5.97 Å². The van der Waals surface area contributed by atoms with Crippen molar-refractivity contribution in [3.05, 3.63) is 64.2 Å². The summed E-state index contributed by atoms with van der Waals surface area (Å²) in [7, 11) is 0. The topological polar surface area (TPSA) is 83.2 Å². The molecule has 0 unspecified atom stereocenters. The Kier molecular flexibility index (Phi) is 6.42. The second-order valence-electron chi connectivity index (χ2n) is 4.24. The molecule has 0 aliphatic rings. The number of nitrogen functional groups attached to an aromatic ring is 1. The van der Waals surface area contributed by atoms with E-state index in [4.69, 9.17) is 17.3 Å². The maximum Gasteiger partial charge on any atom is 1.00 e. The largest absolute Gasteiger partial charge is 1.00 e. The Morgan fingerprint density at radius 3 is 2.29 bits per heavy atom. The molecule has 0 aliphatic heterocycles. The Bertz CT molecular complexity index is 674. The number of anilines is 1. The van der Waals surface area contributed by atoms with Gasteiger partial charge >= 0.3 is 29.6 Å². The molecule has 2 aromatic rings. The van der Waals surface area contributed by atoms with Crippen molar-refractivity contribution in [3.63, 3.8) is 0 Å². The normalized spacial score (nSPS) is 9.76. The summed E-state index contributed by atoms with van der Waals surface area (Å²) in [5.41, 5.74) is 6.83. The minimum absolute atomic E-state index is 0. The van der Waals surface area contributed by atoms with Crippen molar-refractivity contribution in [3.8, 4) is 0 Å². The van der Waals surface area contributed by atoms with Crippen LogP contribution in [0.15, 0.2) is 42.5 Å². The second-order valence-corrected chi connectivity index (χ2v) is 4.65. The summed E-state index contributed by atoms with van der Waals surface area (Å²) in [5.74, 6) is -1.61. The fourth-order valence-corrected chi connectivity index (χ4v) is 2.16. The van der Waals surface area contributed by atoms with Crippen LogP contribution in [0.2, 0.25) is 5.02 Å². The Morgan fingerprint density at radius 2 is 1.71 bits per heavy atom. The third-order valence-electron chi connectivity index (χ3n) is 2.88. The van der Waals surface area contributed by atoms with E-state index in [2.05, 4.69) is 0 Å². The van der Waals surface area contributed by atoms with Gasteiger partial charge in [-0.2, -0.15) is 0 Å². The number of nitrogens with two attached hydrogens (primary N) is 1. The van der Waals surface area contributed by atoms with Gasteiger partial charge in [0.1, 0.15) is 0 Å². The molecule has 0 amide bonds. The summed E-state index contributed by atoms with van der Waals surface area (Å²) in [5, 5.41) is 10.9. The first-order valence-electron chi connectivity index (χ1n) is 5.87. The van der Waals surface area contributed by atoms with Crippen molar-refractivity contribution in [1.82, 2.24) is 0 Å². The summed E-state index contributed by atoms with van der Waals surface area (Å²) < 4.78 is 0. The van der Waals surface area contributed by atoms with E-state index in [-0.39, 0.29) is 58.0 Å². The third-order valence-corrected chi connectivity index (χ3v) is 3.20. The molecule has 0 aliphatic carbocycles. The molecule has 0 spiro atoms. The van der Waals surface area contributed by atoms with Crippen LogP contribution in [-0.4, -0.2) is 11.8 Å². The summed E-state index contributed by atoms with van der Waals surface area (Å²) in [4.78, 5) is 23.1. The van der Waals surface area contributed by atoms with Crippen LogP contribution in [-0.2, 0) is 11.2 Å². The number of carbonyl (C=O) groups is 2. The molecule has 0 fully saturated rings. The monoisotopic (exact) mass is 311 g/mol. The molecular weight excluding hydrogens is 301 g/mol. The second kappa shape index (κ2) is 7.61. The number of hydrogen-bond acceptors (Lipinski definition) is 4. The van der Waals surface area contributed by atoms with Gasteiger partial charge in [0, 0.05) is 23.6 Å². The Morgan fingerprint density at radius 1 is 1.10 bits per heavy atom. The molecule has 2 rings (SSSR count). The minimum Gasteiger partial charge on any atom is -0.550 e. The number of rotatable bonds is 4. The maximum atomic E-state index is 12.4. The summed E-state index contributed by atoms with van der Waals surface area (Å²) in [6.45, 7) is 0. The van der Waals surface area contributed by atoms with Crippen molar-refractivity contribution in [2.24, 2.45) is 0 Å². The standard InChI is InChI=1S/C15H12ClNO3.Na/c16-11-7-6-10(8-12(18)19)14(17)13(11)15(20)9-4-2-1-3-5-9;/h1-7H,8,17H2,(H,18,19);/q;+1/p-1. The van der Waals surface area contributed by atoms with Crippen LogP contribution in [0.3, 0.4) is 0 Å². The van der Waals surface area contributed by atoms with Crippen molar-refractivity contribution in [2.75, 3.05) is 5.73 Å². The van der Waals surface area contributed by atoms with Gasteiger partial charge in [-0.05, 0) is 11.6 Å². The van der Waals surface area contributed by atoms with Gasteiger partial charge in [0.25, 0.3) is 0 Å². The number of halogens is 1. The predicted molar refractivity (Wildman–Crippen MR) is 74.4 cm³/mol. The van der Waals surface area contributed by atoms with Crippen LogP contribution in [0, 0.1) is 0 Å². The molecular formula is C15H11ClNNaO3. The molecule has 0 bridgehead atoms. The molecule has 0 heterocycles. The quantitative estimate of drug-likeness (QED) is 0.421. The summed E-state index contributed by atoms with van der Waals surface area (Å²) in [6.07, 6.45) is -0.363. The Hall–Kier alpha value is -1.33. The van der Waals surface area contributed by atoms with E-state index in [0.717, 1.165) is 0 Å². The van der Waals surface area contributed by atoms with Crippen LogP contribution in [0.25, 0.3) is 0 Å². The average molecular weight is 312 g/mol. The number of carboxylic acid groups (broad SMARTS) is 1. The number of hydrogen-bond donors (Lipinski definition) is 1. The van der Waals surface area contributed by atoms with Crippen LogP contribution >= 0.6 is 11.6 Å². The van der Waals surface area contributed by atoms with E-state index in [1.165, 1.54) is 12.1 Å². The van der Waals surface area contributed by atoms with Crippen molar-refractivity contribution in [1.29, 1.82) is 0 Å². The molecule has 0 atom stereocenters. The molecule has 0 aromatic heterocycles. The first-order valence-corrected chi connectivity index (χ1v) is 6.25. The molecule has 6 heteroatoms. The zero-order chi connectivity index (χ0) is 14.7. The average Bonchev–Trinajstić information content (AvgIpc) is 2.42. The van der Waals surface area contributed by atoms with Gasteiger partial charge in [-0.25, -0.2) is 0 Å². The van der Waals surface area contributed by atoms with Gasteiger partial charge in [-0.15, -0.1) is 0 Å². The molecule has 21 heavy (non-hydrogen) atoms.